The van der Waals surface area contributed by atoms with Crippen LogP contribution in [0.4, 0.5) is 0 Å². The number of amides is 2. The van der Waals surface area contributed by atoms with Gasteiger partial charge in [-0.1, -0.05) is 12.1 Å². The second-order valence-corrected chi connectivity index (χ2v) is 9.20. The molecule has 0 spiro atoms. The van der Waals surface area contributed by atoms with Crippen molar-refractivity contribution >= 4 is 46.6 Å². The predicted octanol–water partition coefficient (Wildman–Crippen LogP) is 1.44. The van der Waals surface area contributed by atoms with Crippen LogP contribution >= 0.6 is 11.8 Å². The molecule has 1 aromatic heterocycles. The van der Waals surface area contributed by atoms with Gasteiger partial charge in [-0.05, 0) is 32.1 Å². The smallest absolute Gasteiger partial charge is 0.327 e. The van der Waals surface area contributed by atoms with Gasteiger partial charge in [-0.3, -0.25) is 14.4 Å². The number of rotatable bonds is 4. The van der Waals surface area contributed by atoms with Crippen molar-refractivity contribution in [3.63, 3.8) is 0 Å². The van der Waals surface area contributed by atoms with Crippen LogP contribution in [0, 0.1) is 0 Å². The van der Waals surface area contributed by atoms with Gasteiger partial charge in [0.1, 0.15) is 29.3 Å². The zero-order valence-corrected chi connectivity index (χ0v) is 16.4. The molecule has 0 unspecified atom stereocenters. The van der Waals surface area contributed by atoms with Crippen LogP contribution in [-0.2, 0) is 14.4 Å². The zero-order chi connectivity index (χ0) is 20.9. The van der Waals surface area contributed by atoms with E-state index in [-0.39, 0.29) is 11.0 Å². The number of aliphatic carboxylic acids is 1. The molecule has 2 aliphatic rings. The van der Waals surface area contributed by atoms with Crippen LogP contribution in [-0.4, -0.2) is 50.0 Å². The normalized spacial score (nSPS) is 25.1. The van der Waals surface area contributed by atoms with E-state index in [1.165, 1.54) is 29.0 Å². The number of hydrogen-bond acceptors (Lipinski definition) is 6. The van der Waals surface area contributed by atoms with Crippen LogP contribution in [0.25, 0.3) is 17.0 Å². The SMILES string of the molecule is CC1(C)S[C@@H]2[C@H](NC(=O)/C=C/c3coc4ccccc4c3=O)C(=O)N2[C@H]1C(=O)O. The van der Waals surface area contributed by atoms with E-state index in [1.54, 1.807) is 38.1 Å². The number of β-lactam (4-membered cyclic amide) rings is 1. The van der Waals surface area contributed by atoms with Gasteiger partial charge in [0.05, 0.1) is 10.9 Å². The van der Waals surface area contributed by atoms with Crippen molar-refractivity contribution in [1.82, 2.24) is 10.2 Å². The van der Waals surface area contributed by atoms with E-state index in [0.717, 1.165) is 6.08 Å². The maximum atomic E-state index is 12.4. The summed E-state index contributed by atoms with van der Waals surface area (Å²) in [5, 5.41) is 12.0. The number of nitrogens with one attached hydrogen (secondary N) is 1. The van der Waals surface area contributed by atoms with Gasteiger partial charge >= 0.3 is 5.97 Å². The Bertz CT molecular complexity index is 1120. The summed E-state index contributed by atoms with van der Waals surface area (Å²) in [6.45, 7) is 3.53. The molecular formula is C20H18N2O6S. The minimum Gasteiger partial charge on any atom is -0.480 e. The van der Waals surface area contributed by atoms with Gasteiger partial charge < -0.3 is 19.7 Å². The van der Waals surface area contributed by atoms with E-state index in [0.29, 0.717) is 11.0 Å². The van der Waals surface area contributed by atoms with E-state index in [9.17, 15) is 24.3 Å². The number of benzene rings is 1. The fourth-order valence-electron chi connectivity index (χ4n) is 3.72. The lowest BCUT2D eigenvalue weighted by Crippen LogP contribution is -2.70. The molecule has 2 fully saturated rings. The number of fused-ring (bicyclic) bond motifs is 2. The summed E-state index contributed by atoms with van der Waals surface area (Å²) in [7, 11) is 0. The Hall–Kier alpha value is -3.07. The van der Waals surface area contributed by atoms with Crippen molar-refractivity contribution in [1.29, 1.82) is 0 Å². The zero-order valence-electron chi connectivity index (χ0n) is 15.6. The van der Waals surface area contributed by atoms with Gasteiger partial charge in [-0.15, -0.1) is 11.8 Å². The van der Waals surface area contributed by atoms with Crippen molar-refractivity contribution in [2.45, 2.75) is 36.1 Å². The Kier molecular flexibility index (Phi) is 4.49. The summed E-state index contributed by atoms with van der Waals surface area (Å²) in [6, 6.07) is 5.06. The van der Waals surface area contributed by atoms with Crippen LogP contribution in [0.1, 0.15) is 19.4 Å². The average molecular weight is 414 g/mol. The summed E-state index contributed by atoms with van der Waals surface area (Å²) in [6.07, 6.45) is 3.77. The molecule has 3 heterocycles. The van der Waals surface area contributed by atoms with E-state index < -0.39 is 40.0 Å². The third kappa shape index (κ3) is 3.11. The number of carbonyl (C=O) groups excluding carboxylic acids is 2. The van der Waals surface area contributed by atoms with Crippen LogP contribution in [0.5, 0.6) is 0 Å². The van der Waals surface area contributed by atoms with Crippen LogP contribution < -0.4 is 10.7 Å². The molecule has 2 amide bonds. The molecule has 29 heavy (non-hydrogen) atoms. The number of thioether (sulfide) groups is 1. The number of para-hydroxylation sites is 1. The van der Waals surface area contributed by atoms with Gasteiger partial charge in [0, 0.05) is 10.8 Å². The maximum Gasteiger partial charge on any atom is 0.327 e. The second-order valence-electron chi connectivity index (χ2n) is 7.43. The highest BCUT2D eigenvalue weighted by Crippen LogP contribution is 2.50. The summed E-state index contributed by atoms with van der Waals surface area (Å²) in [4.78, 5) is 49.9. The van der Waals surface area contributed by atoms with Crippen molar-refractivity contribution in [3.8, 4) is 0 Å². The Labute approximate surface area is 169 Å². The van der Waals surface area contributed by atoms with Crippen molar-refractivity contribution in [2.24, 2.45) is 0 Å². The second kappa shape index (κ2) is 6.77. The molecule has 150 valence electrons. The largest absolute Gasteiger partial charge is 0.480 e. The van der Waals surface area contributed by atoms with E-state index in [1.807, 2.05) is 0 Å². The fourth-order valence-corrected chi connectivity index (χ4v) is 5.35. The van der Waals surface area contributed by atoms with Gasteiger partial charge in [0.25, 0.3) is 0 Å². The van der Waals surface area contributed by atoms with Crippen molar-refractivity contribution in [3.05, 3.63) is 52.4 Å². The quantitative estimate of drug-likeness (QED) is 0.574. The number of carboxylic acid groups (broad SMARTS) is 1. The molecule has 2 saturated heterocycles. The molecule has 1 aromatic carbocycles. The van der Waals surface area contributed by atoms with E-state index in [4.69, 9.17) is 4.42 Å². The summed E-state index contributed by atoms with van der Waals surface area (Å²) in [5.74, 6) is -2.04. The van der Waals surface area contributed by atoms with Crippen molar-refractivity contribution in [2.75, 3.05) is 0 Å². The number of carbonyl (C=O) groups is 3. The molecular weight excluding hydrogens is 396 g/mol. The molecule has 9 heteroatoms. The minimum absolute atomic E-state index is 0.211. The van der Waals surface area contributed by atoms with Crippen LogP contribution in [0.3, 0.4) is 0 Å². The number of hydrogen-bond donors (Lipinski definition) is 2. The van der Waals surface area contributed by atoms with Crippen molar-refractivity contribution < 1.29 is 23.9 Å². The summed E-state index contributed by atoms with van der Waals surface area (Å²) >= 11 is 1.35. The molecule has 0 saturated carbocycles. The van der Waals surface area contributed by atoms with Crippen LogP contribution in [0.2, 0.25) is 0 Å². The molecule has 0 bridgehead atoms. The highest BCUT2D eigenvalue weighted by atomic mass is 32.2. The summed E-state index contributed by atoms with van der Waals surface area (Å²) < 4.78 is 4.74. The first-order valence-corrected chi connectivity index (χ1v) is 9.80. The van der Waals surface area contributed by atoms with Crippen LogP contribution in [0.15, 0.2) is 45.8 Å². The van der Waals surface area contributed by atoms with Gasteiger partial charge in [0.15, 0.2) is 5.43 Å². The Morgan fingerprint density at radius 2 is 2.00 bits per heavy atom. The lowest BCUT2D eigenvalue weighted by Gasteiger charge is -2.43. The summed E-state index contributed by atoms with van der Waals surface area (Å²) in [5.41, 5.74) is 0.398. The maximum absolute atomic E-state index is 12.4. The molecule has 3 atom stereocenters. The topological polar surface area (TPSA) is 117 Å². The molecule has 2 N–H and O–H groups in total. The third-order valence-electron chi connectivity index (χ3n) is 5.09. The predicted molar refractivity (Wildman–Crippen MR) is 107 cm³/mol. The Balaban J connectivity index is 1.48. The molecule has 2 aliphatic heterocycles. The fraction of sp³-hybridized carbons (Fsp3) is 0.300. The lowest BCUT2D eigenvalue weighted by molar-refractivity contribution is -0.160. The lowest BCUT2D eigenvalue weighted by atomic mass is 9.96. The molecule has 2 aromatic rings. The first-order valence-electron chi connectivity index (χ1n) is 8.92. The average Bonchev–Trinajstić information content (AvgIpc) is 2.94. The molecule has 8 nitrogen and oxygen atoms in total. The molecule has 0 radical (unpaired) electrons. The molecule has 0 aliphatic carbocycles. The monoisotopic (exact) mass is 414 g/mol. The van der Waals surface area contributed by atoms with Gasteiger partial charge in [-0.25, -0.2) is 4.79 Å². The van der Waals surface area contributed by atoms with Gasteiger partial charge in [-0.2, -0.15) is 0 Å². The third-order valence-corrected chi connectivity index (χ3v) is 6.67. The first kappa shape index (κ1) is 19.3. The highest BCUT2D eigenvalue weighted by Gasteiger charge is 2.64. The van der Waals surface area contributed by atoms with E-state index >= 15 is 0 Å². The van der Waals surface area contributed by atoms with E-state index in [2.05, 4.69) is 5.32 Å². The Morgan fingerprint density at radius 1 is 1.28 bits per heavy atom. The number of nitrogens with zero attached hydrogens (tertiary/aromatic N) is 1. The van der Waals surface area contributed by atoms with Gasteiger partial charge in [0.2, 0.25) is 11.8 Å². The standard InChI is InChI=1S/C20H18N2O6S/c1-20(2)16(19(26)27)22-17(25)14(18(22)29-20)21-13(23)8-7-10-9-28-12-6-4-3-5-11(12)15(10)24/h3-9,14,16,18H,1-2H3,(H,21,23)(H,26,27)/b8-7+/t14-,16+,18-/m1/s1. The highest BCUT2D eigenvalue weighted by molar-refractivity contribution is 8.01. The first-order chi connectivity index (χ1) is 13.7. The number of carboxylic acids is 1. The Morgan fingerprint density at radius 3 is 2.72 bits per heavy atom. The minimum atomic E-state index is -1.06. The molecule has 4 rings (SSSR count).